The standard InChI is InChI=1S/C20H24ClN5/c1-2-24-7-9-25(10-8-24)17-5-6-26(14-17)20-15(12-22)13-23-19-4-3-16(21)11-18(19)20/h3-4,11,13,17H,2,5-10,14H2,1H3. The van der Waals surface area contributed by atoms with E-state index in [1.165, 1.54) is 0 Å². The molecular weight excluding hydrogens is 346 g/mol. The third kappa shape index (κ3) is 3.25. The largest absolute Gasteiger partial charge is 0.368 e. The molecule has 2 saturated heterocycles. The molecule has 2 aliphatic rings. The molecule has 2 aliphatic heterocycles. The molecule has 0 radical (unpaired) electrons. The van der Waals surface area contributed by atoms with Gasteiger partial charge in [-0.3, -0.25) is 9.88 Å². The van der Waals surface area contributed by atoms with Crippen LogP contribution in [0, 0.1) is 11.3 Å². The van der Waals surface area contributed by atoms with E-state index in [4.69, 9.17) is 11.6 Å². The van der Waals surface area contributed by atoms with E-state index in [9.17, 15) is 5.26 Å². The first kappa shape index (κ1) is 17.5. The van der Waals surface area contributed by atoms with E-state index >= 15 is 0 Å². The molecule has 0 bridgehead atoms. The number of hydrogen-bond acceptors (Lipinski definition) is 5. The average molecular weight is 370 g/mol. The van der Waals surface area contributed by atoms with Crippen LogP contribution < -0.4 is 4.90 Å². The fraction of sp³-hybridized carbons (Fsp3) is 0.500. The second-order valence-electron chi connectivity index (χ2n) is 7.15. The quantitative estimate of drug-likeness (QED) is 0.832. The number of aromatic nitrogens is 1. The van der Waals surface area contributed by atoms with Crippen molar-refractivity contribution in [1.82, 2.24) is 14.8 Å². The first-order valence-corrected chi connectivity index (χ1v) is 9.77. The van der Waals surface area contributed by atoms with Crippen LogP contribution in [-0.2, 0) is 0 Å². The molecule has 0 aliphatic carbocycles. The van der Waals surface area contributed by atoms with Crippen LogP contribution >= 0.6 is 11.6 Å². The Morgan fingerprint density at radius 1 is 1.23 bits per heavy atom. The van der Waals surface area contributed by atoms with Crippen LogP contribution in [0.15, 0.2) is 24.4 Å². The summed E-state index contributed by atoms with van der Waals surface area (Å²) in [5.41, 5.74) is 2.52. The molecule has 5 nitrogen and oxygen atoms in total. The Morgan fingerprint density at radius 2 is 2.04 bits per heavy atom. The molecule has 2 fully saturated rings. The fourth-order valence-electron chi connectivity index (χ4n) is 4.26. The minimum Gasteiger partial charge on any atom is -0.368 e. The van der Waals surface area contributed by atoms with Crippen molar-refractivity contribution in [2.24, 2.45) is 0 Å². The Kier molecular flexibility index (Phi) is 4.99. The predicted octanol–water partition coefficient (Wildman–Crippen LogP) is 2.98. The van der Waals surface area contributed by atoms with Gasteiger partial charge in [-0.1, -0.05) is 18.5 Å². The van der Waals surface area contributed by atoms with Crippen molar-refractivity contribution in [2.45, 2.75) is 19.4 Å². The number of likely N-dealkylation sites (N-methyl/N-ethyl adjacent to an activating group) is 1. The van der Waals surface area contributed by atoms with E-state index in [1.54, 1.807) is 6.20 Å². The zero-order valence-electron chi connectivity index (χ0n) is 15.2. The highest BCUT2D eigenvalue weighted by Crippen LogP contribution is 2.34. The highest BCUT2D eigenvalue weighted by molar-refractivity contribution is 6.31. The van der Waals surface area contributed by atoms with Crippen LogP contribution in [-0.4, -0.2) is 66.6 Å². The highest BCUT2D eigenvalue weighted by Gasteiger charge is 2.31. The first-order valence-electron chi connectivity index (χ1n) is 9.39. The van der Waals surface area contributed by atoms with E-state index < -0.39 is 0 Å². The van der Waals surface area contributed by atoms with Crippen LogP contribution in [0.25, 0.3) is 10.9 Å². The number of nitrogens with zero attached hydrogens (tertiary/aromatic N) is 5. The molecule has 0 N–H and O–H groups in total. The van der Waals surface area contributed by atoms with Gasteiger partial charge in [0.25, 0.3) is 0 Å². The maximum absolute atomic E-state index is 9.61. The van der Waals surface area contributed by atoms with E-state index in [-0.39, 0.29) is 0 Å². The molecule has 1 aromatic carbocycles. The molecule has 1 atom stereocenters. The summed E-state index contributed by atoms with van der Waals surface area (Å²) in [5, 5.41) is 11.3. The number of fused-ring (bicyclic) bond motifs is 1. The zero-order valence-corrected chi connectivity index (χ0v) is 15.9. The zero-order chi connectivity index (χ0) is 18.1. The van der Waals surface area contributed by atoms with Crippen molar-refractivity contribution in [3.05, 3.63) is 35.0 Å². The van der Waals surface area contributed by atoms with Gasteiger partial charge in [-0.15, -0.1) is 0 Å². The Morgan fingerprint density at radius 3 is 2.77 bits per heavy atom. The van der Waals surface area contributed by atoms with E-state index in [0.717, 1.165) is 68.8 Å². The summed E-state index contributed by atoms with van der Waals surface area (Å²) < 4.78 is 0. The van der Waals surface area contributed by atoms with Gasteiger partial charge in [0, 0.05) is 61.9 Å². The topological polar surface area (TPSA) is 46.4 Å². The molecule has 26 heavy (non-hydrogen) atoms. The maximum atomic E-state index is 9.61. The van der Waals surface area contributed by atoms with Gasteiger partial charge < -0.3 is 9.80 Å². The van der Waals surface area contributed by atoms with Crippen molar-refractivity contribution < 1.29 is 0 Å². The van der Waals surface area contributed by atoms with Crippen LogP contribution in [0.2, 0.25) is 5.02 Å². The summed E-state index contributed by atoms with van der Waals surface area (Å²) in [6.07, 6.45) is 2.83. The van der Waals surface area contributed by atoms with Gasteiger partial charge in [0.2, 0.25) is 0 Å². The summed E-state index contributed by atoms with van der Waals surface area (Å²) in [7, 11) is 0. The molecule has 4 rings (SSSR count). The van der Waals surface area contributed by atoms with Crippen molar-refractivity contribution in [3.8, 4) is 6.07 Å². The third-order valence-electron chi connectivity index (χ3n) is 5.77. The van der Waals surface area contributed by atoms with Crippen molar-refractivity contribution in [1.29, 1.82) is 5.26 Å². The van der Waals surface area contributed by atoms with Crippen molar-refractivity contribution in [2.75, 3.05) is 50.7 Å². The van der Waals surface area contributed by atoms with Gasteiger partial charge in [0.1, 0.15) is 6.07 Å². The Labute approximate surface area is 159 Å². The molecule has 0 spiro atoms. The monoisotopic (exact) mass is 369 g/mol. The lowest BCUT2D eigenvalue weighted by atomic mass is 10.1. The number of nitriles is 1. The second-order valence-corrected chi connectivity index (χ2v) is 7.59. The van der Waals surface area contributed by atoms with Gasteiger partial charge >= 0.3 is 0 Å². The van der Waals surface area contributed by atoms with Crippen LogP contribution in [0.1, 0.15) is 18.9 Å². The molecule has 3 heterocycles. The van der Waals surface area contributed by atoms with Crippen molar-refractivity contribution >= 4 is 28.2 Å². The lowest BCUT2D eigenvalue weighted by Gasteiger charge is -2.37. The molecular formula is C20H24ClN5. The SMILES string of the molecule is CCN1CCN(C2CCN(c3c(C#N)cnc4ccc(Cl)cc34)C2)CC1. The van der Waals surface area contributed by atoms with E-state index in [2.05, 4.69) is 32.7 Å². The molecule has 2 aromatic rings. The molecule has 136 valence electrons. The lowest BCUT2D eigenvalue weighted by Crippen LogP contribution is -2.50. The van der Waals surface area contributed by atoms with Gasteiger partial charge in [0.15, 0.2) is 0 Å². The minimum absolute atomic E-state index is 0.558. The third-order valence-corrected chi connectivity index (χ3v) is 6.01. The Bertz CT molecular complexity index is 838. The van der Waals surface area contributed by atoms with E-state index in [1.807, 2.05) is 18.2 Å². The van der Waals surface area contributed by atoms with Gasteiger partial charge in [-0.05, 0) is 31.2 Å². The number of rotatable bonds is 3. The summed E-state index contributed by atoms with van der Waals surface area (Å²) >= 11 is 6.23. The second kappa shape index (κ2) is 7.40. The van der Waals surface area contributed by atoms with Crippen LogP contribution in [0.4, 0.5) is 5.69 Å². The van der Waals surface area contributed by atoms with Gasteiger partial charge in [-0.25, -0.2) is 0 Å². The first-order chi connectivity index (χ1) is 12.7. The molecule has 1 aromatic heterocycles. The van der Waals surface area contributed by atoms with Crippen molar-refractivity contribution in [3.63, 3.8) is 0 Å². The molecule has 6 heteroatoms. The normalized spacial score (nSPS) is 22.0. The van der Waals surface area contributed by atoms with E-state index in [0.29, 0.717) is 16.6 Å². The van der Waals surface area contributed by atoms with Crippen LogP contribution in [0.5, 0.6) is 0 Å². The number of halogens is 1. The number of pyridine rings is 1. The number of anilines is 1. The molecule has 0 saturated carbocycles. The fourth-order valence-corrected chi connectivity index (χ4v) is 4.43. The number of hydrogen-bond donors (Lipinski definition) is 0. The summed E-state index contributed by atoms with van der Waals surface area (Å²) in [6, 6.07) is 8.60. The molecule has 0 amide bonds. The van der Waals surface area contributed by atoms with Gasteiger partial charge in [0.05, 0.1) is 16.8 Å². The number of piperazine rings is 1. The summed E-state index contributed by atoms with van der Waals surface area (Å²) in [5.74, 6) is 0. The lowest BCUT2D eigenvalue weighted by molar-refractivity contribution is 0.107. The van der Waals surface area contributed by atoms with Gasteiger partial charge in [-0.2, -0.15) is 5.26 Å². The summed E-state index contributed by atoms with van der Waals surface area (Å²) in [6.45, 7) is 9.90. The Hall–Kier alpha value is -1.87. The Balaban J connectivity index is 1.59. The predicted molar refractivity (Wildman–Crippen MR) is 106 cm³/mol. The number of benzene rings is 1. The smallest absolute Gasteiger partial charge is 0.103 e. The highest BCUT2D eigenvalue weighted by atomic mass is 35.5. The molecule has 1 unspecified atom stereocenters. The summed E-state index contributed by atoms with van der Waals surface area (Å²) in [4.78, 5) is 11.9. The minimum atomic E-state index is 0.558. The van der Waals surface area contributed by atoms with Crippen LogP contribution in [0.3, 0.4) is 0 Å². The maximum Gasteiger partial charge on any atom is 0.103 e. The average Bonchev–Trinajstić information content (AvgIpc) is 3.16.